The van der Waals surface area contributed by atoms with Gasteiger partial charge in [-0.25, -0.2) is 4.79 Å². The van der Waals surface area contributed by atoms with E-state index in [-0.39, 0.29) is 28.9 Å². The van der Waals surface area contributed by atoms with Crippen LogP contribution in [-0.4, -0.2) is 41.5 Å². The van der Waals surface area contributed by atoms with Crippen LogP contribution in [-0.2, 0) is 0 Å². The van der Waals surface area contributed by atoms with E-state index in [0.29, 0.717) is 24.3 Å². The molecule has 1 aliphatic heterocycles. The Labute approximate surface area is 156 Å². The molecule has 1 unspecified atom stereocenters. The predicted molar refractivity (Wildman–Crippen MR) is 105 cm³/mol. The lowest BCUT2D eigenvalue weighted by Gasteiger charge is -2.42. The fourth-order valence-corrected chi connectivity index (χ4v) is 3.11. The Morgan fingerprint density at radius 3 is 2.50 bits per heavy atom. The van der Waals surface area contributed by atoms with Crippen molar-refractivity contribution in [3.63, 3.8) is 0 Å². The molecule has 2 rings (SSSR count). The van der Waals surface area contributed by atoms with E-state index in [1.165, 1.54) is 0 Å². The summed E-state index contributed by atoms with van der Waals surface area (Å²) in [6, 6.07) is 5.24. The number of rotatable bonds is 2. The maximum absolute atomic E-state index is 12.9. The maximum atomic E-state index is 12.9. The molecule has 1 aliphatic rings. The Bertz CT molecular complexity index is 692. The molecule has 1 aromatic rings. The van der Waals surface area contributed by atoms with Crippen molar-refractivity contribution in [3.8, 4) is 0 Å². The molecule has 0 aliphatic carbocycles. The van der Waals surface area contributed by atoms with Crippen molar-refractivity contribution in [2.24, 2.45) is 11.1 Å². The minimum Gasteiger partial charge on any atom is -0.338 e. The van der Waals surface area contributed by atoms with Crippen LogP contribution in [0.25, 0.3) is 0 Å². The first-order valence-corrected chi connectivity index (χ1v) is 9.14. The highest BCUT2D eigenvalue weighted by Gasteiger charge is 2.35. The molecule has 26 heavy (non-hydrogen) atoms. The molecule has 3 amide bonds. The van der Waals surface area contributed by atoms with Crippen molar-refractivity contribution in [3.05, 3.63) is 29.3 Å². The molecule has 6 heteroatoms. The third-order valence-corrected chi connectivity index (χ3v) is 4.82. The third-order valence-electron chi connectivity index (χ3n) is 4.82. The van der Waals surface area contributed by atoms with Gasteiger partial charge in [-0.3, -0.25) is 4.79 Å². The van der Waals surface area contributed by atoms with Gasteiger partial charge in [-0.15, -0.1) is 0 Å². The molecule has 0 aromatic heterocycles. The SMILES string of the molecule is Cc1ccc(C(=O)N2CCC(N)C(C)(C)C2)cc1NC(=O)NC(C)(C)C. The molecule has 1 heterocycles. The molecule has 1 saturated heterocycles. The first-order valence-electron chi connectivity index (χ1n) is 9.14. The van der Waals surface area contributed by atoms with E-state index in [9.17, 15) is 9.59 Å². The number of hydrogen-bond acceptors (Lipinski definition) is 3. The van der Waals surface area contributed by atoms with Gasteiger partial charge in [0.1, 0.15) is 0 Å². The summed E-state index contributed by atoms with van der Waals surface area (Å²) in [7, 11) is 0. The monoisotopic (exact) mass is 360 g/mol. The number of likely N-dealkylation sites (tertiary alicyclic amines) is 1. The van der Waals surface area contributed by atoms with Crippen LogP contribution >= 0.6 is 0 Å². The average molecular weight is 361 g/mol. The van der Waals surface area contributed by atoms with E-state index in [1.54, 1.807) is 6.07 Å². The Hall–Kier alpha value is -2.08. The average Bonchev–Trinajstić information content (AvgIpc) is 2.49. The van der Waals surface area contributed by atoms with E-state index in [1.807, 2.05) is 44.7 Å². The molecule has 6 nitrogen and oxygen atoms in total. The summed E-state index contributed by atoms with van der Waals surface area (Å²) >= 11 is 0. The van der Waals surface area contributed by atoms with Crippen LogP contribution in [0.4, 0.5) is 10.5 Å². The summed E-state index contributed by atoms with van der Waals surface area (Å²) in [5.41, 5.74) is 7.87. The molecule has 0 spiro atoms. The quantitative estimate of drug-likeness (QED) is 0.757. The number of nitrogens with two attached hydrogens (primary N) is 1. The van der Waals surface area contributed by atoms with Gasteiger partial charge in [-0.2, -0.15) is 0 Å². The molecular weight excluding hydrogens is 328 g/mol. The van der Waals surface area contributed by atoms with Gasteiger partial charge in [0.25, 0.3) is 5.91 Å². The van der Waals surface area contributed by atoms with Crippen LogP contribution in [0.1, 0.15) is 57.0 Å². The molecule has 1 aromatic carbocycles. The topological polar surface area (TPSA) is 87.5 Å². The zero-order valence-corrected chi connectivity index (χ0v) is 16.8. The van der Waals surface area contributed by atoms with Crippen molar-refractivity contribution in [1.29, 1.82) is 0 Å². The molecule has 4 N–H and O–H groups in total. The minimum atomic E-state index is -0.330. The van der Waals surface area contributed by atoms with Crippen LogP contribution in [0.15, 0.2) is 18.2 Å². The Morgan fingerprint density at radius 1 is 1.27 bits per heavy atom. The van der Waals surface area contributed by atoms with Gasteiger partial charge in [0, 0.05) is 35.9 Å². The number of nitrogens with zero attached hydrogens (tertiary/aromatic N) is 1. The lowest BCUT2D eigenvalue weighted by atomic mass is 9.79. The number of carbonyl (C=O) groups is 2. The number of carbonyl (C=O) groups excluding carboxylic acids is 2. The number of anilines is 1. The minimum absolute atomic E-state index is 0.0238. The highest BCUT2D eigenvalue weighted by atomic mass is 16.2. The van der Waals surface area contributed by atoms with Gasteiger partial charge in [-0.1, -0.05) is 19.9 Å². The summed E-state index contributed by atoms with van der Waals surface area (Å²) in [5.74, 6) is -0.0238. The van der Waals surface area contributed by atoms with Crippen LogP contribution < -0.4 is 16.4 Å². The number of piperidine rings is 1. The lowest BCUT2D eigenvalue weighted by molar-refractivity contribution is 0.0533. The van der Waals surface area contributed by atoms with E-state index < -0.39 is 0 Å². The zero-order chi connectivity index (χ0) is 19.7. The number of nitrogens with one attached hydrogen (secondary N) is 2. The van der Waals surface area contributed by atoms with E-state index in [4.69, 9.17) is 5.73 Å². The summed E-state index contributed by atoms with van der Waals surface area (Å²) in [4.78, 5) is 26.9. The second kappa shape index (κ2) is 7.27. The molecular formula is C20H32N4O2. The van der Waals surface area contributed by atoms with Crippen molar-refractivity contribution in [2.75, 3.05) is 18.4 Å². The van der Waals surface area contributed by atoms with Crippen molar-refractivity contribution in [1.82, 2.24) is 10.2 Å². The largest absolute Gasteiger partial charge is 0.338 e. The number of amides is 3. The van der Waals surface area contributed by atoms with Gasteiger partial charge in [0.2, 0.25) is 0 Å². The maximum Gasteiger partial charge on any atom is 0.319 e. The summed E-state index contributed by atoms with van der Waals surface area (Å²) < 4.78 is 0. The van der Waals surface area contributed by atoms with Gasteiger partial charge < -0.3 is 21.3 Å². The second-order valence-corrected chi connectivity index (χ2v) is 8.97. The lowest BCUT2D eigenvalue weighted by Crippen LogP contribution is -2.54. The summed E-state index contributed by atoms with van der Waals surface area (Å²) in [6.45, 7) is 13.1. The van der Waals surface area contributed by atoms with Crippen LogP contribution in [0.3, 0.4) is 0 Å². The molecule has 144 valence electrons. The normalized spacial score (nSPS) is 19.8. The second-order valence-electron chi connectivity index (χ2n) is 8.97. The summed E-state index contributed by atoms with van der Waals surface area (Å²) in [5, 5.41) is 5.71. The van der Waals surface area contributed by atoms with E-state index in [2.05, 4.69) is 24.5 Å². The van der Waals surface area contributed by atoms with Crippen molar-refractivity contribution >= 4 is 17.6 Å². The highest BCUT2D eigenvalue weighted by Crippen LogP contribution is 2.29. The van der Waals surface area contributed by atoms with E-state index in [0.717, 1.165) is 12.0 Å². The Kier molecular flexibility index (Phi) is 5.66. The standard InChI is InChI=1S/C20H32N4O2/c1-13-7-8-14(11-15(13)22-18(26)23-19(2,3)4)17(25)24-10-9-16(21)20(5,6)12-24/h7-8,11,16H,9-10,12,21H2,1-6H3,(H2,22,23,26). The van der Waals surface area contributed by atoms with Crippen LogP contribution in [0, 0.1) is 12.3 Å². The van der Waals surface area contributed by atoms with E-state index >= 15 is 0 Å². The van der Waals surface area contributed by atoms with Crippen LogP contribution in [0.5, 0.6) is 0 Å². The predicted octanol–water partition coefficient (Wildman–Crippen LogP) is 3.11. The molecule has 1 fully saturated rings. The molecule has 0 bridgehead atoms. The Morgan fingerprint density at radius 2 is 1.92 bits per heavy atom. The molecule has 0 saturated carbocycles. The number of benzene rings is 1. The highest BCUT2D eigenvalue weighted by molar-refractivity contribution is 5.97. The fourth-order valence-electron chi connectivity index (χ4n) is 3.11. The number of urea groups is 1. The third kappa shape index (κ3) is 4.97. The smallest absolute Gasteiger partial charge is 0.319 e. The van der Waals surface area contributed by atoms with Gasteiger partial charge >= 0.3 is 6.03 Å². The van der Waals surface area contributed by atoms with Crippen molar-refractivity contribution < 1.29 is 9.59 Å². The first kappa shape index (κ1) is 20.2. The van der Waals surface area contributed by atoms with Crippen LogP contribution in [0.2, 0.25) is 0 Å². The Balaban J connectivity index is 2.16. The van der Waals surface area contributed by atoms with Gasteiger partial charge in [0.05, 0.1) is 0 Å². The first-order chi connectivity index (χ1) is 11.9. The summed E-state index contributed by atoms with van der Waals surface area (Å²) in [6.07, 6.45) is 0.795. The van der Waals surface area contributed by atoms with Crippen molar-refractivity contribution in [2.45, 2.75) is 59.5 Å². The number of aryl methyl sites for hydroxylation is 1. The van der Waals surface area contributed by atoms with Gasteiger partial charge in [-0.05, 0) is 57.2 Å². The molecule has 0 radical (unpaired) electrons. The molecule has 1 atom stereocenters. The fraction of sp³-hybridized carbons (Fsp3) is 0.600. The number of hydrogen-bond donors (Lipinski definition) is 3. The van der Waals surface area contributed by atoms with Gasteiger partial charge in [0.15, 0.2) is 0 Å². The zero-order valence-electron chi connectivity index (χ0n) is 16.8.